The molecule has 0 spiro atoms. The van der Waals surface area contributed by atoms with Crippen molar-refractivity contribution in [2.24, 2.45) is 5.41 Å². The lowest BCUT2D eigenvalue weighted by atomic mass is 10.1. The van der Waals surface area contributed by atoms with Crippen LogP contribution in [0.1, 0.15) is 39.5 Å². The highest BCUT2D eigenvalue weighted by molar-refractivity contribution is 5.88. The zero-order chi connectivity index (χ0) is 12.9. The fourth-order valence-electron chi connectivity index (χ4n) is 1.42. The lowest BCUT2D eigenvalue weighted by Gasteiger charge is -2.12. The van der Waals surface area contributed by atoms with Crippen LogP contribution in [0.25, 0.3) is 0 Å². The highest BCUT2D eigenvalue weighted by Gasteiger charge is 2.50. The third kappa shape index (κ3) is 3.74. The Bertz CT molecular complexity index is 342. The molecule has 5 nitrogen and oxygen atoms in total. The fraction of sp³-hybridized carbons (Fsp3) is 0.750. The predicted molar refractivity (Wildman–Crippen MR) is 62.8 cm³/mol. The molecular weight excluding hydrogens is 218 g/mol. The van der Waals surface area contributed by atoms with Gasteiger partial charge in [-0.2, -0.15) is 5.26 Å². The second-order valence-electron chi connectivity index (χ2n) is 4.58. The van der Waals surface area contributed by atoms with Crippen LogP contribution in [0.15, 0.2) is 0 Å². The minimum Gasteiger partial charge on any atom is -0.354 e. The third-order valence-corrected chi connectivity index (χ3v) is 3.06. The van der Waals surface area contributed by atoms with E-state index >= 15 is 0 Å². The molecule has 0 aromatic carbocycles. The normalized spacial score (nSPS) is 17.7. The number of amides is 2. The first-order valence-electron chi connectivity index (χ1n) is 6.03. The van der Waals surface area contributed by atoms with Gasteiger partial charge in [-0.3, -0.25) is 9.59 Å². The number of nitrogens with one attached hydrogen (secondary N) is 2. The molecule has 0 saturated heterocycles. The van der Waals surface area contributed by atoms with Crippen LogP contribution in [0.2, 0.25) is 0 Å². The number of rotatable bonds is 6. The van der Waals surface area contributed by atoms with Crippen LogP contribution in [-0.2, 0) is 9.59 Å². The number of carbonyl (C=O) groups is 2. The van der Waals surface area contributed by atoms with E-state index in [-0.39, 0.29) is 24.3 Å². The summed E-state index contributed by atoms with van der Waals surface area (Å²) in [6.07, 6.45) is 2.41. The minimum atomic E-state index is -0.798. The molecule has 0 aromatic heterocycles. The number of nitriles is 1. The van der Waals surface area contributed by atoms with Crippen molar-refractivity contribution in [2.75, 3.05) is 6.54 Å². The molecule has 1 aliphatic rings. The third-order valence-electron chi connectivity index (χ3n) is 3.06. The zero-order valence-electron chi connectivity index (χ0n) is 10.4. The summed E-state index contributed by atoms with van der Waals surface area (Å²) in [7, 11) is 0. The standard InChI is InChI=1S/C12H19N3O2/c1-3-9(2)15-10(16)4-7-14-11(17)12(8-13)5-6-12/h9H,3-7H2,1-2H3,(H,14,17)(H,15,16). The van der Waals surface area contributed by atoms with E-state index in [1.165, 1.54) is 0 Å². The summed E-state index contributed by atoms with van der Waals surface area (Å²) in [6, 6.07) is 2.18. The minimum absolute atomic E-state index is 0.0681. The predicted octanol–water partition coefficient (Wildman–Crippen LogP) is 0.711. The first-order chi connectivity index (χ1) is 8.04. The highest BCUT2D eigenvalue weighted by Crippen LogP contribution is 2.44. The molecule has 1 fully saturated rings. The summed E-state index contributed by atoms with van der Waals surface area (Å²) in [5, 5.41) is 14.2. The summed E-state index contributed by atoms with van der Waals surface area (Å²) < 4.78 is 0. The van der Waals surface area contributed by atoms with Gasteiger partial charge in [0.15, 0.2) is 0 Å². The van der Waals surface area contributed by atoms with Gasteiger partial charge in [-0.15, -0.1) is 0 Å². The molecule has 0 radical (unpaired) electrons. The summed E-state index contributed by atoms with van der Waals surface area (Å²) in [5.41, 5.74) is -0.798. The van der Waals surface area contributed by atoms with Crippen molar-refractivity contribution >= 4 is 11.8 Å². The van der Waals surface area contributed by atoms with Gasteiger partial charge in [-0.05, 0) is 26.2 Å². The van der Waals surface area contributed by atoms with Gasteiger partial charge < -0.3 is 10.6 Å². The van der Waals surface area contributed by atoms with Crippen molar-refractivity contribution in [3.63, 3.8) is 0 Å². The van der Waals surface area contributed by atoms with Crippen LogP contribution in [-0.4, -0.2) is 24.4 Å². The molecule has 5 heteroatoms. The van der Waals surface area contributed by atoms with Crippen molar-refractivity contribution in [3.8, 4) is 6.07 Å². The Morgan fingerprint density at radius 1 is 1.47 bits per heavy atom. The summed E-state index contributed by atoms with van der Waals surface area (Å²) in [4.78, 5) is 23.0. The second kappa shape index (κ2) is 5.67. The molecule has 94 valence electrons. The van der Waals surface area contributed by atoms with Crippen LogP contribution in [0.5, 0.6) is 0 Å². The number of nitrogens with zero attached hydrogens (tertiary/aromatic N) is 1. The van der Waals surface area contributed by atoms with Crippen LogP contribution in [0, 0.1) is 16.7 Å². The summed E-state index contributed by atoms with van der Waals surface area (Å²) >= 11 is 0. The molecule has 17 heavy (non-hydrogen) atoms. The van der Waals surface area contributed by atoms with Crippen molar-refractivity contribution < 1.29 is 9.59 Å². The van der Waals surface area contributed by atoms with Gasteiger partial charge in [-0.25, -0.2) is 0 Å². The van der Waals surface area contributed by atoms with E-state index < -0.39 is 5.41 Å². The van der Waals surface area contributed by atoms with Gasteiger partial charge in [0, 0.05) is 19.0 Å². The summed E-state index contributed by atoms with van der Waals surface area (Å²) in [5.74, 6) is -0.308. The second-order valence-corrected chi connectivity index (χ2v) is 4.58. The average Bonchev–Trinajstić information content (AvgIpc) is 3.09. The maximum absolute atomic E-state index is 11.6. The van der Waals surface area contributed by atoms with E-state index in [1.54, 1.807) is 0 Å². The van der Waals surface area contributed by atoms with Gasteiger partial charge in [0.25, 0.3) is 0 Å². The molecule has 2 N–H and O–H groups in total. The largest absolute Gasteiger partial charge is 0.354 e. The van der Waals surface area contributed by atoms with Crippen LogP contribution < -0.4 is 10.6 Å². The SMILES string of the molecule is CCC(C)NC(=O)CCNC(=O)C1(C#N)CC1. The number of hydrogen-bond acceptors (Lipinski definition) is 3. The first-order valence-corrected chi connectivity index (χ1v) is 6.03. The smallest absolute Gasteiger partial charge is 0.240 e. The van der Waals surface area contributed by atoms with E-state index in [2.05, 4.69) is 10.6 Å². The average molecular weight is 237 g/mol. The van der Waals surface area contributed by atoms with Crippen LogP contribution in [0.4, 0.5) is 0 Å². The number of carbonyl (C=O) groups excluding carboxylic acids is 2. The Labute approximate surface area is 102 Å². The Hall–Kier alpha value is -1.57. The Balaban J connectivity index is 2.18. The van der Waals surface area contributed by atoms with Gasteiger partial charge >= 0.3 is 0 Å². The van der Waals surface area contributed by atoms with Gasteiger partial charge in [0.05, 0.1) is 6.07 Å². The Kier molecular flexibility index (Phi) is 4.50. The zero-order valence-corrected chi connectivity index (χ0v) is 10.4. The maximum Gasteiger partial charge on any atom is 0.240 e. The monoisotopic (exact) mass is 237 g/mol. The topological polar surface area (TPSA) is 82.0 Å². The van der Waals surface area contributed by atoms with Crippen molar-refractivity contribution in [1.29, 1.82) is 5.26 Å². The van der Waals surface area contributed by atoms with E-state index in [4.69, 9.17) is 5.26 Å². The molecule has 0 heterocycles. The quantitative estimate of drug-likeness (QED) is 0.713. The Morgan fingerprint density at radius 2 is 2.12 bits per heavy atom. The lowest BCUT2D eigenvalue weighted by Crippen LogP contribution is -2.37. The molecule has 0 aromatic rings. The number of hydrogen-bond donors (Lipinski definition) is 2. The van der Waals surface area contributed by atoms with Crippen LogP contribution >= 0.6 is 0 Å². The fourth-order valence-corrected chi connectivity index (χ4v) is 1.42. The van der Waals surface area contributed by atoms with E-state index in [1.807, 2.05) is 19.9 Å². The molecule has 2 amide bonds. The van der Waals surface area contributed by atoms with Gasteiger partial charge in [0.2, 0.25) is 11.8 Å². The van der Waals surface area contributed by atoms with Crippen LogP contribution in [0.3, 0.4) is 0 Å². The molecule has 1 rings (SSSR count). The lowest BCUT2D eigenvalue weighted by molar-refractivity contribution is -0.124. The first kappa shape index (κ1) is 13.5. The van der Waals surface area contributed by atoms with E-state index in [0.29, 0.717) is 19.4 Å². The summed E-state index contributed by atoms with van der Waals surface area (Å²) in [6.45, 7) is 4.23. The molecule has 1 saturated carbocycles. The molecule has 1 aliphatic carbocycles. The maximum atomic E-state index is 11.6. The van der Waals surface area contributed by atoms with Crippen molar-refractivity contribution in [2.45, 2.75) is 45.6 Å². The van der Waals surface area contributed by atoms with Crippen molar-refractivity contribution in [3.05, 3.63) is 0 Å². The molecule has 1 atom stereocenters. The molecular formula is C12H19N3O2. The van der Waals surface area contributed by atoms with Crippen molar-refractivity contribution in [1.82, 2.24) is 10.6 Å². The molecule has 0 bridgehead atoms. The van der Waals surface area contributed by atoms with Gasteiger partial charge in [-0.1, -0.05) is 6.92 Å². The van der Waals surface area contributed by atoms with E-state index in [0.717, 1.165) is 6.42 Å². The Morgan fingerprint density at radius 3 is 2.59 bits per heavy atom. The highest BCUT2D eigenvalue weighted by atomic mass is 16.2. The van der Waals surface area contributed by atoms with Gasteiger partial charge in [0.1, 0.15) is 5.41 Å². The molecule has 1 unspecified atom stereocenters. The molecule has 0 aliphatic heterocycles. The van der Waals surface area contributed by atoms with E-state index in [9.17, 15) is 9.59 Å².